The fraction of sp³-hybridized carbons (Fsp3) is 0.429. The highest BCUT2D eigenvalue weighted by Gasteiger charge is 2.49. The Bertz CT molecular complexity index is 1370. The fourth-order valence-corrected chi connectivity index (χ4v) is 5.31. The molecule has 2 aromatic heterocycles. The fourth-order valence-electron chi connectivity index (χ4n) is 5.06. The van der Waals surface area contributed by atoms with Gasteiger partial charge in [0.1, 0.15) is 18.5 Å². The Labute approximate surface area is 226 Å². The summed E-state index contributed by atoms with van der Waals surface area (Å²) in [5.74, 6) is 0.956. The standard InChI is InChI=1S/C28H31ClN4O5/c1-27(2)15-37-16(14-38-27)13-36-21-12-30-10-7-17(21)23-24(31-19-6-4-5-18(29)25(19)35-3)22-20(32-23)11-28(8-9-28)33-26(22)34/h4-7,10,12,16,31-32H,8-9,11,13-15H2,1-3H3,(H,33,34)/t16-/m0/s1. The average Bonchev–Trinajstić information content (AvgIpc) is 3.53. The van der Waals surface area contributed by atoms with Gasteiger partial charge in [0.05, 0.1) is 59.8 Å². The summed E-state index contributed by atoms with van der Waals surface area (Å²) in [6.07, 6.45) is 5.87. The van der Waals surface area contributed by atoms with E-state index in [1.54, 1.807) is 25.6 Å². The van der Waals surface area contributed by atoms with Crippen LogP contribution in [0, 0.1) is 0 Å². The smallest absolute Gasteiger partial charge is 0.255 e. The molecule has 2 fully saturated rings. The molecule has 1 saturated carbocycles. The van der Waals surface area contributed by atoms with Gasteiger partial charge >= 0.3 is 0 Å². The lowest BCUT2D eigenvalue weighted by molar-refractivity contribution is -0.181. The van der Waals surface area contributed by atoms with Gasteiger partial charge in [-0.1, -0.05) is 17.7 Å². The number of pyridine rings is 1. The number of hydrogen-bond acceptors (Lipinski definition) is 7. The minimum Gasteiger partial charge on any atom is -0.493 e. The van der Waals surface area contributed by atoms with Gasteiger partial charge in [-0.15, -0.1) is 0 Å². The first-order chi connectivity index (χ1) is 18.3. The van der Waals surface area contributed by atoms with E-state index in [2.05, 4.69) is 20.6 Å². The Balaban J connectivity index is 1.37. The lowest BCUT2D eigenvalue weighted by atomic mass is 9.98. The van der Waals surface area contributed by atoms with Crippen molar-refractivity contribution >= 4 is 28.9 Å². The number of H-pyrrole nitrogens is 1. The monoisotopic (exact) mass is 538 g/mol. The van der Waals surface area contributed by atoms with Crippen LogP contribution in [0.4, 0.5) is 11.4 Å². The van der Waals surface area contributed by atoms with Gasteiger partial charge in [-0.25, -0.2) is 0 Å². The number of nitrogens with one attached hydrogen (secondary N) is 3. The first-order valence-corrected chi connectivity index (χ1v) is 13.1. The Kier molecular flexibility index (Phi) is 6.25. The Hall–Kier alpha value is -3.27. The van der Waals surface area contributed by atoms with Gasteiger partial charge in [0.15, 0.2) is 5.75 Å². The van der Waals surface area contributed by atoms with Gasteiger partial charge in [0, 0.05) is 29.4 Å². The molecule has 2 aliphatic heterocycles. The zero-order valence-electron chi connectivity index (χ0n) is 21.7. The molecule has 9 nitrogen and oxygen atoms in total. The van der Waals surface area contributed by atoms with E-state index in [9.17, 15) is 4.79 Å². The summed E-state index contributed by atoms with van der Waals surface area (Å²) in [6, 6.07) is 7.33. The maximum absolute atomic E-state index is 13.4. The van der Waals surface area contributed by atoms with E-state index in [0.29, 0.717) is 53.3 Å². The number of rotatable bonds is 7. The largest absolute Gasteiger partial charge is 0.493 e. The Morgan fingerprint density at radius 3 is 2.84 bits per heavy atom. The summed E-state index contributed by atoms with van der Waals surface area (Å²) in [7, 11) is 1.57. The quantitative estimate of drug-likeness (QED) is 0.394. The van der Waals surface area contributed by atoms with Gasteiger partial charge in [0.2, 0.25) is 0 Å². The van der Waals surface area contributed by atoms with E-state index in [1.807, 2.05) is 32.0 Å². The summed E-state index contributed by atoms with van der Waals surface area (Å²) in [4.78, 5) is 21.2. The first kappa shape index (κ1) is 25.0. The molecule has 1 spiro atoms. The van der Waals surface area contributed by atoms with Crippen LogP contribution in [-0.2, 0) is 15.9 Å². The zero-order chi connectivity index (χ0) is 26.5. The number of fused-ring (bicyclic) bond motifs is 1. The topological polar surface area (TPSA) is 107 Å². The molecule has 10 heteroatoms. The lowest BCUT2D eigenvalue weighted by Crippen LogP contribution is -2.44. The van der Waals surface area contributed by atoms with Crippen LogP contribution in [0.15, 0.2) is 36.7 Å². The van der Waals surface area contributed by atoms with Crippen molar-refractivity contribution in [2.75, 3.05) is 32.2 Å². The predicted octanol–water partition coefficient (Wildman–Crippen LogP) is 4.87. The van der Waals surface area contributed by atoms with Crippen LogP contribution in [-0.4, -0.2) is 60.0 Å². The molecular formula is C28H31ClN4O5. The van der Waals surface area contributed by atoms with Crippen molar-refractivity contribution < 1.29 is 23.7 Å². The molecule has 1 saturated heterocycles. The lowest BCUT2D eigenvalue weighted by Gasteiger charge is -2.34. The molecule has 0 bridgehead atoms. The molecular weight excluding hydrogens is 508 g/mol. The van der Waals surface area contributed by atoms with Crippen LogP contribution in [0.5, 0.6) is 11.5 Å². The van der Waals surface area contributed by atoms with Crippen LogP contribution in [0.2, 0.25) is 5.02 Å². The number of anilines is 2. The average molecular weight is 539 g/mol. The maximum Gasteiger partial charge on any atom is 0.255 e. The number of aromatic nitrogens is 2. The normalized spacial score (nSPS) is 20.9. The van der Waals surface area contributed by atoms with Crippen molar-refractivity contribution in [2.24, 2.45) is 0 Å². The van der Waals surface area contributed by atoms with Crippen molar-refractivity contribution in [3.8, 4) is 22.8 Å². The highest BCUT2D eigenvalue weighted by molar-refractivity contribution is 6.32. The van der Waals surface area contributed by atoms with Gasteiger partial charge in [-0.3, -0.25) is 9.78 Å². The maximum atomic E-state index is 13.4. The molecule has 3 N–H and O–H groups in total. The van der Waals surface area contributed by atoms with E-state index in [4.69, 9.17) is 30.5 Å². The van der Waals surface area contributed by atoms with Crippen molar-refractivity contribution in [1.29, 1.82) is 0 Å². The number of nitrogens with zero attached hydrogens (tertiary/aromatic N) is 1. The number of para-hydroxylation sites is 1. The number of methoxy groups -OCH3 is 1. The molecule has 0 unspecified atom stereocenters. The SMILES string of the molecule is COc1c(Cl)cccc1Nc1c(-c2ccncc2OC[C@H]2COC(C)(C)CO2)[nH]c2c1C(=O)NC1(CC1)C2. The van der Waals surface area contributed by atoms with Crippen molar-refractivity contribution in [1.82, 2.24) is 15.3 Å². The molecule has 3 aliphatic rings. The molecule has 1 atom stereocenters. The number of ether oxygens (including phenoxy) is 4. The van der Waals surface area contributed by atoms with Crippen molar-refractivity contribution in [3.63, 3.8) is 0 Å². The van der Waals surface area contributed by atoms with Gasteiger partial charge in [-0.2, -0.15) is 0 Å². The number of carbonyl (C=O) groups excluding carboxylic acids is 1. The van der Waals surface area contributed by atoms with Gasteiger partial charge in [-0.05, 0) is 44.9 Å². The molecule has 3 aromatic rings. The Morgan fingerprint density at radius 1 is 1.26 bits per heavy atom. The number of halogens is 1. The second-order valence-corrected chi connectivity index (χ2v) is 11.2. The second kappa shape index (κ2) is 9.48. The second-order valence-electron chi connectivity index (χ2n) is 10.8. The molecule has 200 valence electrons. The van der Waals surface area contributed by atoms with Crippen LogP contribution in [0.1, 0.15) is 42.7 Å². The minimum atomic E-state index is -0.305. The first-order valence-electron chi connectivity index (χ1n) is 12.8. The minimum absolute atomic E-state index is 0.110. The molecule has 6 rings (SSSR count). The van der Waals surface area contributed by atoms with E-state index < -0.39 is 0 Å². The van der Waals surface area contributed by atoms with E-state index in [0.717, 1.165) is 36.2 Å². The number of hydrogen-bond donors (Lipinski definition) is 3. The van der Waals surface area contributed by atoms with Gasteiger partial charge in [0.25, 0.3) is 5.91 Å². The van der Waals surface area contributed by atoms with E-state index in [1.165, 1.54) is 0 Å². The van der Waals surface area contributed by atoms with Gasteiger partial charge < -0.3 is 34.6 Å². The molecule has 38 heavy (non-hydrogen) atoms. The van der Waals surface area contributed by atoms with Crippen molar-refractivity contribution in [2.45, 2.75) is 50.4 Å². The summed E-state index contributed by atoms with van der Waals surface area (Å²) >= 11 is 6.40. The van der Waals surface area contributed by atoms with Crippen molar-refractivity contribution in [3.05, 3.63) is 52.9 Å². The predicted molar refractivity (Wildman–Crippen MR) is 144 cm³/mol. The third kappa shape index (κ3) is 4.70. The summed E-state index contributed by atoms with van der Waals surface area (Å²) in [5.41, 5.74) is 3.78. The highest BCUT2D eigenvalue weighted by atomic mass is 35.5. The van der Waals surface area contributed by atoms with E-state index in [-0.39, 0.29) is 23.2 Å². The Morgan fingerprint density at radius 2 is 2.11 bits per heavy atom. The number of carbonyl (C=O) groups is 1. The summed E-state index contributed by atoms with van der Waals surface area (Å²) in [5, 5.41) is 7.12. The molecule has 1 aliphatic carbocycles. The number of aromatic amines is 1. The van der Waals surface area contributed by atoms with E-state index >= 15 is 0 Å². The van der Waals surface area contributed by atoms with Crippen LogP contribution < -0.4 is 20.1 Å². The number of amides is 1. The van der Waals surface area contributed by atoms with Crippen LogP contribution >= 0.6 is 11.6 Å². The zero-order valence-corrected chi connectivity index (χ0v) is 22.4. The molecule has 1 amide bonds. The highest BCUT2D eigenvalue weighted by Crippen LogP contribution is 2.48. The third-order valence-electron chi connectivity index (χ3n) is 7.29. The van der Waals surface area contributed by atoms with Crippen LogP contribution in [0.25, 0.3) is 11.3 Å². The molecule has 4 heterocycles. The number of benzene rings is 1. The molecule has 0 radical (unpaired) electrons. The van der Waals surface area contributed by atoms with Crippen LogP contribution in [0.3, 0.4) is 0 Å². The molecule has 1 aromatic carbocycles. The summed E-state index contributed by atoms with van der Waals surface area (Å²) < 4.78 is 23.6. The summed E-state index contributed by atoms with van der Waals surface area (Å²) in [6.45, 7) is 5.26. The third-order valence-corrected chi connectivity index (χ3v) is 7.59.